The summed E-state index contributed by atoms with van der Waals surface area (Å²) in [4.78, 5) is 19.3. The van der Waals surface area contributed by atoms with Crippen LogP contribution in [-0.2, 0) is 6.54 Å². The molecule has 2 aromatic rings. The van der Waals surface area contributed by atoms with E-state index in [1.807, 2.05) is 10.8 Å². The zero-order valence-electron chi connectivity index (χ0n) is 6.75. The van der Waals surface area contributed by atoms with Crippen molar-refractivity contribution in [3.63, 3.8) is 0 Å². The molecule has 13 heavy (non-hydrogen) atoms. The van der Waals surface area contributed by atoms with E-state index in [2.05, 4.69) is 9.97 Å². The molecular formula is C8H7N3OS. The number of thiazole rings is 1. The van der Waals surface area contributed by atoms with Crippen LogP contribution in [-0.4, -0.2) is 20.8 Å². The van der Waals surface area contributed by atoms with Crippen molar-refractivity contribution in [3.8, 4) is 0 Å². The van der Waals surface area contributed by atoms with E-state index >= 15 is 0 Å². The van der Waals surface area contributed by atoms with Gasteiger partial charge in [0.15, 0.2) is 6.29 Å². The summed E-state index contributed by atoms with van der Waals surface area (Å²) in [7, 11) is 0. The van der Waals surface area contributed by atoms with Crippen LogP contribution in [0.15, 0.2) is 24.2 Å². The molecule has 0 amide bonds. The number of hydrogen-bond donors (Lipinski definition) is 0. The highest BCUT2D eigenvalue weighted by Crippen LogP contribution is 2.07. The van der Waals surface area contributed by atoms with Gasteiger partial charge in [0, 0.05) is 17.3 Å². The predicted molar refractivity (Wildman–Crippen MR) is 48.8 cm³/mol. The quantitative estimate of drug-likeness (QED) is 0.688. The van der Waals surface area contributed by atoms with Crippen LogP contribution >= 0.6 is 11.3 Å². The maximum absolute atomic E-state index is 10.3. The first-order chi connectivity index (χ1) is 6.38. The van der Waals surface area contributed by atoms with Crippen molar-refractivity contribution < 1.29 is 4.79 Å². The molecule has 5 heteroatoms. The first-order valence-electron chi connectivity index (χ1n) is 3.73. The third-order valence-corrected chi connectivity index (χ3v) is 2.36. The van der Waals surface area contributed by atoms with Gasteiger partial charge in [0.1, 0.15) is 5.69 Å². The van der Waals surface area contributed by atoms with Crippen molar-refractivity contribution in [2.75, 3.05) is 0 Å². The van der Waals surface area contributed by atoms with Crippen LogP contribution in [0.3, 0.4) is 0 Å². The highest BCUT2D eigenvalue weighted by atomic mass is 32.1. The van der Waals surface area contributed by atoms with Crippen LogP contribution in [0.1, 0.15) is 15.4 Å². The summed E-state index contributed by atoms with van der Waals surface area (Å²) < 4.78 is 1.86. The molecule has 0 aliphatic carbocycles. The molecular weight excluding hydrogens is 186 g/mol. The van der Waals surface area contributed by atoms with E-state index in [9.17, 15) is 4.79 Å². The number of aromatic nitrogens is 3. The number of nitrogens with zero attached hydrogens (tertiary/aromatic N) is 3. The Morgan fingerprint density at radius 3 is 3.15 bits per heavy atom. The van der Waals surface area contributed by atoms with Crippen LogP contribution < -0.4 is 0 Å². The molecule has 0 radical (unpaired) electrons. The summed E-state index contributed by atoms with van der Waals surface area (Å²) in [5.41, 5.74) is 2.25. The number of carbonyl (C=O) groups is 1. The van der Waals surface area contributed by atoms with E-state index in [1.54, 1.807) is 29.4 Å². The standard InChI is InChI=1S/C8H7N3OS/c12-4-7-2-11(5-10-7)3-8-1-9-6-13-8/h1-2,4-6H,3H2. The lowest BCUT2D eigenvalue weighted by Gasteiger charge is -1.95. The molecule has 2 rings (SSSR count). The maximum atomic E-state index is 10.3. The average Bonchev–Trinajstić information content (AvgIpc) is 2.76. The van der Waals surface area contributed by atoms with Gasteiger partial charge in [-0.05, 0) is 0 Å². The molecule has 0 aliphatic heterocycles. The molecule has 0 bridgehead atoms. The van der Waals surface area contributed by atoms with Crippen LogP contribution in [0, 0.1) is 0 Å². The molecule has 0 unspecified atom stereocenters. The second-order valence-electron chi connectivity index (χ2n) is 2.56. The number of aldehydes is 1. The van der Waals surface area contributed by atoms with Crippen LogP contribution in [0.25, 0.3) is 0 Å². The van der Waals surface area contributed by atoms with Crippen LogP contribution in [0.4, 0.5) is 0 Å². The Morgan fingerprint density at radius 2 is 2.54 bits per heavy atom. The van der Waals surface area contributed by atoms with Gasteiger partial charge in [-0.2, -0.15) is 0 Å². The number of carbonyl (C=O) groups excluding carboxylic acids is 1. The van der Waals surface area contributed by atoms with Crippen LogP contribution in [0.5, 0.6) is 0 Å². The minimum atomic E-state index is 0.463. The monoisotopic (exact) mass is 193 g/mol. The third-order valence-electron chi connectivity index (χ3n) is 1.60. The Labute approximate surface area is 78.9 Å². The lowest BCUT2D eigenvalue weighted by Crippen LogP contribution is -1.93. The lowest BCUT2D eigenvalue weighted by atomic mass is 10.5. The zero-order valence-corrected chi connectivity index (χ0v) is 7.57. The summed E-state index contributed by atoms with van der Waals surface area (Å²) >= 11 is 1.59. The molecule has 0 saturated carbocycles. The largest absolute Gasteiger partial charge is 0.331 e. The van der Waals surface area contributed by atoms with Gasteiger partial charge in [-0.25, -0.2) is 4.98 Å². The molecule has 2 aromatic heterocycles. The van der Waals surface area contributed by atoms with Gasteiger partial charge < -0.3 is 4.57 Å². The van der Waals surface area contributed by atoms with Crippen molar-refractivity contribution in [2.24, 2.45) is 0 Å². The fourth-order valence-corrected chi connectivity index (χ4v) is 1.63. The van der Waals surface area contributed by atoms with E-state index in [4.69, 9.17) is 0 Å². The first-order valence-corrected chi connectivity index (χ1v) is 4.61. The van der Waals surface area contributed by atoms with Gasteiger partial charge in [-0.1, -0.05) is 0 Å². The minimum Gasteiger partial charge on any atom is -0.331 e. The van der Waals surface area contributed by atoms with Crippen molar-refractivity contribution in [1.29, 1.82) is 0 Å². The lowest BCUT2D eigenvalue weighted by molar-refractivity contribution is 0.111. The molecule has 0 spiro atoms. The molecule has 0 N–H and O–H groups in total. The Hall–Kier alpha value is -1.49. The summed E-state index contributed by atoms with van der Waals surface area (Å²) in [5, 5.41) is 0. The van der Waals surface area contributed by atoms with Gasteiger partial charge in [-0.15, -0.1) is 11.3 Å². The fourth-order valence-electron chi connectivity index (χ4n) is 1.02. The summed E-state index contributed by atoms with van der Waals surface area (Å²) in [6, 6.07) is 0. The molecule has 0 saturated heterocycles. The SMILES string of the molecule is O=Cc1cn(Cc2cncs2)cn1. The van der Waals surface area contributed by atoms with E-state index in [0.29, 0.717) is 5.69 Å². The van der Waals surface area contributed by atoms with Gasteiger partial charge in [-0.3, -0.25) is 9.78 Å². The normalized spacial score (nSPS) is 10.2. The van der Waals surface area contributed by atoms with Crippen molar-refractivity contribution >= 4 is 17.6 Å². The van der Waals surface area contributed by atoms with Gasteiger partial charge in [0.2, 0.25) is 0 Å². The second-order valence-corrected chi connectivity index (χ2v) is 3.53. The number of imidazole rings is 1. The van der Waals surface area contributed by atoms with Crippen molar-refractivity contribution in [1.82, 2.24) is 14.5 Å². The highest BCUT2D eigenvalue weighted by molar-refractivity contribution is 7.09. The molecule has 0 aromatic carbocycles. The molecule has 0 aliphatic rings. The number of hydrogen-bond acceptors (Lipinski definition) is 4. The Balaban J connectivity index is 2.14. The fraction of sp³-hybridized carbons (Fsp3) is 0.125. The van der Waals surface area contributed by atoms with E-state index in [-0.39, 0.29) is 0 Å². The first kappa shape index (κ1) is 8.12. The maximum Gasteiger partial charge on any atom is 0.169 e. The molecule has 66 valence electrons. The topological polar surface area (TPSA) is 47.8 Å². The Morgan fingerprint density at radius 1 is 1.62 bits per heavy atom. The third kappa shape index (κ3) is 1.81. The van der Waals surface area contributed by atoms with E-state index in [1.165, 1.54) is 0 Å². The average molecular weight is 193 g/mol. The Bertz CT molecular complexity index is 393. The van der Waals surface area contributed by atoms with Crippen molar-refractivity contribution in [2.45, 2.75) is 6.54 Å². The van der Waals surface area contributed by atoms with Crippen molar-refractivity contribution in [3.05, 3.63) is 34.8 Å². The minimum absolute atomic E-state index is 0.463. The molecule has 4 nitrogen and oxygen atoms in total. The van der Waals surface area contributed by atoms with Gasteiger partial charge >= 0.3 is 0 Å². The van der Waals surface area contributed by atoms with Gasteiger partial charge in [0.05, 0.1) is 18.4 Å². The summed E-state index contributed by atoms with van der Waals surface area (Å²) in [6.45, 7) is 0.728. The smallest absolute Gasteiger partial charge is 0.169 e. The van der Waals surface area contributed by atoms with E-state index in [0.717, 1.165) is 17.7 Å². The van der Waals surface area contributed by atoms with E-state index < -0.39 is 0 Å². The Kier molecular flexibility index (Phi) is 2.18. The molecule has 0 atom stereocenters. The second kappa shape index (κ2) is 3.49. The number of rotatable bonds is 3. The molecule has 2 heterocycles. The summed E-state index contributed by atoms with van der Waals surface area (Å²) in [5.74, 6) is 0. The van der Waals surface area contributed by atoms with Gasteiger partial charge in [0.25, 0.3) is 0 Å². The predicted octanol–water partition coefficient (Wildman–Crippen LogP) is 1.20. The zero-order chi connectivity index (χ0) is 9.10. The highest BCUT2D eigenvalue weighted by Gasteiger charge is 1.98. The summed E-state index contributed by atoms with van der Waals surface area (Å²) in [6.07, 6.45) is 5.91. The molecule has 0 fully saturated rings. The van der Waals surface area contributed by atoms with Crippen LogP contribution in [0.2, 0.25) is 0 Å².